The summed E-state index contributed by atoms with van der Waals surface area (Å²) in [5, 5.41) is 6.84. The zero-order valence-electron chi connectivity index (χ0n) is 18.4. The Kier molecular flexibility index (Phi) is 6.05. The number of anilines is 2. The molecule has 1 fully saturated rings. The molecule has 174 valence electrons. The van der Waals surface area contributed by atoms with Gasteiger partial charge in [0.25, 0.3) is 5.91 Å². The lowest BCUT2D eigenvalue weighted by atomic mass is 10.1. The topological polar surface area (TPSA) is 96.9 Å². The number of hydrogen-bond donors (Lipinski definition) is 2. The molecule has 34 heavy (non-hydrogen) atoms. The average Bonchev–Trinajstić information content (AvgIpc) is 3.29. The van der Waals surface area contributed by atoms with Gasteiger partial charge in [0.05, 0.1) is 17.5 Å². The number of carbonyl (C=O) groups is 1. The fourth-order valence-corrected chi connectivity index (χ4v) is 7.53. The SMILES string of the molecule is Cc1ccc(C(=O)Nc2ccc(Oc3ccccc3)cc2)cc1NC1=N[C@@H]2CS(=O)(=O)C[C@H]2S1. The number of hydrogen-bond acceptors (Lipinski definition) is 7. The van der Waals surface area contributed by atoms with Crippen molar-refractivity contribution < 1.29 is 17.9 Å². The van der Waals surface area contributed by atoms with Gasteiger partial charge in [-0.25, -0.2) is 8.42 Å². The second-order valence-electron chi connectivity index (χ2n) is 8.28. The Balaban J connectivity index is 1.24. The van der Waals surface area contributed by atoms with E-state index in [0.717, 1.165) is 17.0 Å². The first-order chi connectivity index (χ1) is 16.3. The van der Waals surface area contributed by atoms with Crippen LogP contribution in [-0.4, -0.2) is 42.3 Å². The molecule has 5 rings (SSSR count). The number of nitrogens with zero attached hydrogens (tertiary/aromatic N) is 1. The molecule has 0 spiro atoms. The third-order valence-corrected chi connectivity index (χ3v) is 8.79. The Bertz CT molecular complexity index is 1360. The van der Waals surface area contributed by atoms with Gasteiger partial charge in [0.2, 0.25) is 0 Å². The van der Waals surface area contributed by atoms with Crippen molar-refractivity contribution >= 4 is 44.0 Å². The largest absolute Gasteiger partial charge is 0.457 e. The molecule has 3 aromatic carbocycles. The summed E-state index contributed by atoms with van der Waals surface area (Å²) in [4.78, 5) is 17.4. The molecule has 7 nitrogen and oxygen atoms in total. The minimum Gasteiger partial charge on any atom is -0.457 e. The van der Waals surface area contributed by atoms with Crippen LogP contribution in [0.1, 0.15) is 15.9 Å². The Morgan fingerprint density at radius 3 is 2.47 bits per heavy atom. The third-order valence-electron chi connectivity index (χ3n) is 5.65. The maximum Gasteiger partial charge on any atom is 0.255 e. The molecule has 0 unspecified atom stereocenters. The van der Waals surface area contributed by atoms with Crippen LogP contribution in [0.5, 0.6) is 11.5 Å². The molecule has 2 N–H and O–H groups in total. The van der Waals surface area contributed by atoms with Crippen LogP contribution in [0.25, 0.3) is 0 Å². The molecule has 0 radical (unpaired) electrons. The van der Waals surface area contributed by atoms with Crippen molar-refractivity contribution in [1.29, 1.82) is 0 Å². The number of sulfone groups is 1. The predicted octanol–water partition coefficient (Wildman–Crippen LogP) is 4.72. The fraction of sp³-hybridized carbons (Fsp3) is 0.200. The number of carbonyl (C=O) groups excluding carboxylic acids is 1. The van der Waals surface area contributed by atoms with Crippen molar-refractivity contribution in [2.45, 2.75) is 18.2 Å². The van der Waals surface area contributed by atoms with Gasteiger partial charge in [-0.05, 0) is 61.0 Å². The smallest absolute Gasteiger partial charge is 0.255 e. The average molecular weight is 494 g/mol. The molecule has 1 saturated heterocycles. The van der Waals surface area contributed by atoms with Crippen LogP contribution in [0, 0.1) is 6.92 Å². The quantitative estimate of drug-likeness (QED) is 0.534. The van der Waals surface area contributed by atoms with E-state index in [2.05, 4.69) is 15.6 Å². The van der Waals surface area contributed by atoms with Gasteiger partial charge in [0, 0.05) is 22.2 Å². The lowest BCUT2D eigenvalue weighted by Gasteiger charge is -2.12. The van der Waals surface area contributed by atoms with E-state index < -0.39 is 9.84 Å². The van der Waals surface area contributed by atoms with E-state index in [1.807, 2.05) is 43.3 Å². The van der Waals surface area contributed by atoms with Gasteiger partial charge in [0.15, 0.2) is 15.0 Å². The van der Waals surface area contributed by atoms with Crippen molar-refractivity contribution in [2.75, 3.05) is 22.1 Å². The number of thioether (sulfide) groups is 1. The molecule has 0 bridgehead atoms. The molecule has 3 aromatic rings. The number of amides is 1. The van der Waals surface area contributed by atoms with Gasteiger partial charge in [-0.15, -0.1) is 0 Å². The van der Waals surface area contributed by atoms with Crippen LogP contribution < -0.4 is 15.4 Å². The van der Waals surface area contributed by atoms with Crippen LogP contribution in [0.3, 0.4) is 0 Å². The minimum absolute atomic E-state index is 0.0341. The summed E-state index contributed by atoms with van der Waals surface area (Å²) in [6.45, 7) is 1.95. The summed E-state index contributed by atoms with van der Waals surface area (Å²) in [6, 6.07) is 21.9. The van der Waals surface area contributed by atoms with Crippen LogP contribution in [0.15, 0.2) is 77.8 Å². The Hall–Kier alpha value is -3.30. The molecule has 2 aliphatic heterocycles. The summed E-state index contributed by atoms with van der Waals surface area (Å²) < 4.78 is 29.3. The monoisotopic (exact) mass is 493 g/mol. The van der Waals surface area contributed by atoms with E-state index in [9.17, 15) is 13.2 Å². The number of rotatable bonds is 5. The highest BCUT2D eigenvalue weighted by Crippen LogP contribution is 2.35. The highest BCUT2D eigenvalue weighted by molar-refractivity contribution is 8.15. The third kappa shape index (κ3) is 5.10. The number of para-hydroxylation sites is 1. The number of aryl methyl sites for hydroxylation is 1. The molecule has 0 aliphatic carbocycles. The first-order valence-corrected chi connectivity index (χ1v) is 13.5. The predicted molar refractivity (Wildman–Crippen MR) is 137 cm³/mol. The lowest BCUT2D eigenvalue weighted by molar-refractivity contribution is 0.102. The van der Waals surface area contributed by atoms with E-state index in [1.165, 1.54) is 11.8 Å². The van der Waals surface area contributed by atoms with Gasteiger partial charge < -0.3 is 15.4 Å². The summed E-state index contributed by atoms with van der Waals surface area (Å²) >= 11 is 1.45. The van der Waals surface area contributed by atoms with Gasteiger partial charge >= 0.3 is 0 Å². The van der Waals surface area contributed by atoms with E-state index >= 15 is 0 Å². The number of nitrogens with one attached hydrogen (secondary N) is 2. The van der Waals surface area contributed by atoms with Crippen molar-refractivity contribution in [2.24, 2.45) is 4.99 Å². The van der Waals surface area contributed by atoms with Gasteiger partial charge in [-0.1, -0.05) is 36.0 Å². The number of ether oxygens (including phenoxy) is 1. The molecule has 2 heterocycles. The fourth-order valence-electron chi connectivity index (χ4n) is 3.86. The van der Waals surface area contributed by atoms with Gasteiger partial charge in [0.1, 0.15) is 11.5 Å². The molecule has 2 atom stereocenters. The molecule has 0 saturated carbocycles. The normalized spacial score (nSPS) is 20.3. The summed E-state index contributed by atoms with van der Waals surface area (Å²) in [6.07, 6.45) is 0. The van der Waals surface area contributed by atoms with Crippen molar-refractivity contribution in [1.82, 2.24) is 0 Å². The molecule has 2 aliphatic rings. The highest BCUT2D eigenvalue weighted by Gasteiger charge is 2.42. The maximum absolute atomic E-state index is 12.8. The van der Waals surface area contributed by atoms with E-state index in [0.29, 0.717) is 22.2 Å². The van der Waals surface area contributed by atoms with E-state index in [-0.39, 0.29) is 28.7 Å². The molecular formula is C25H23N3O4S2. The second-order valence-corrected chi connectivity index (χ2v) is 11.7. The van der Waals surface area contributed by atoms with Crippen molar-refractivity contribution in [3.8, 4) is 11.5 Å². The zero-order chi connectivity index (χ0) is 23.7. The van der Waals surface area contributed by atoms with E-state index in [1.54, 1.807) is 36.4 Å². The first-order valence-electron chi connectivity index (χ1n) is 10.8. The molecule has 1 amide bonds. The Morgan fingerprint density at radius 1 is 1.00 bits per heavy atom. The summed E-state index contributed by atoms with van der Waals surface area (Å²) in [5.74, 6) is 1.46. The lowest BCUT2D eigenvalue weighted by Crippen LogP contribution is -2.14. The maximum atomic E-state index is 12.8. The van der Waals surface area contributed by atoms with E-state index in [4.69, 9.17) is 4.74 Å². The van der Waals surface area contributed by atoms with Crippen molar-refractivity contribution in [3.05, 3.63) is 83.9 Å². The number of benzene rings is 3. The van der Waals surface area contributed by atoms with Crippen molar-refractivity contribution in [3.63, 3.8) is 0 Å². The Morgan fingerprint density at radius 2 is 1.74 bits per heavy atom. The standard InChI is InChI=1S/C25H23N3O4S2/c1-16-7-8-17(13-21(16)27-25-28-22-14-34(30,31)15-23(22)33-25)24(29)26-18-9-11-20(12-10-18)32-19-5-3-2-4-6-19/h2-13,22-23H,14-15H2,1H3,(H,26,29)(H,27,28)/t22-,23-/m1/s1. The summed E-state index contributed by atoms with van der Waals surface area (Å²) in [5.41, 5.74) is 2.90. The first kappa shape index (κ1) is 22.5. The van der Waals surface area contributed by atoms with Crippen LogP contribution >= 0.6 is 11.8 Å². The zero-order valence-corrected chi connectivity index (χ0v) is 20.0. The molecular weight excluding hydrogens is 470 g/mol. The van der Waals surface area contributed by atoms with Gasteiger partial charge in [-0.2, -0.15) is 0 Å². The number of aliphatic imine (C=N–C) groups is 1. The van der Waals surface area contributed by atoms with Crippen LogP contribution in [0.2, 0.25) is 0 Å². The van der Waals surface area contributed by atoms with Crippen LogP contribution in [-0.2, 0) is 9.84 Å². The van der Waals surface area contributed by atoms with Crippen LogP contribution in [0.4, 0.5) is 11.4 Å². The number of amidine groups is 1. The highest BCUT2D eigenvalue weighted by atomic mass is 32.2. The second kappa shape index (κ2) is 9.15. The summed E-state index contributed by atoms with van der Waals surface area (Å²) in [7, 11) is -2.99. The Labute approximate surface area is 202 Å². The molecule has 9 heteroatoms. The van der Waals surface area contributed by atoms with Gasteiger partial charge in [-0.3, -0.25) is 9.79 Å². The minimum atomic E-state index is -2.99. The molecule has 0 aromatic heterocycles. The number of fused-ring (bicyclic) bond motifs is 1.